The van der Waals surface area contributed by atoms with Crippen molar-refractivity contribution in [2.45, 2.75) is 32.6 Å². The molecule has 7 heteroatoms. The maximum atomic E-state index is 13.3. The third kappa shape index (κ3) is 4.71. The van der Waals surface area contributed by atoms with E-state index in [1.807, 2.05) is 48.5 Å². The van der Waals surface area contributed by atoms with Gasteiger partial charge in [0.2, 0.25) is 0 Å². The van der Waals surface area contributed by atoms with Crippen LogP contribution in [0.25, 0.3) is 10.8 Å². The lowest BCUT2D eigenvalue weighted by Gasteiger charge is -2.27. The summed E-state index contributed by atoms with van der Waals surface area (Å²) in [6.45, 7) is 3.08. The van der Waals surface area contributed by atoms with E-state index in [0.717, 1.165) is 52.1 Å². The minimum Gasteiger partial charge on any atom is -0.394 e. The predicted molar refractivity (Wildman–Crippen MR) is 134 cm³/mol. The highest BCUT2D eigenvalue weighted by atomic mass is 35.5. The van der Waals surface area contributed by atoms with Crippen LogP contribution < -0.4 is 5.32 Å². The SMILES string of the molecule is O=C(NCc1cccc2ccccc12)c1nn(CCO)c2c1CN(Cc1ccc(Cl)cc1)CC2. The number of carbonyl (C=O) groups is 1. The molecule has 0 fully saturated rings. The lowest BCUT2D eigenvalue weighted by atomic mass is 10.0. The molecule has 0 radical (unpaired) electrons. The molecule has 6 nitrogen and oxygen atoms in total. The molecule has 1 aromatic heterocycles. The largest absolute Gasteiger partial charge is 0.394 e. The molecule has 1 amide bonds. The lowest BCUT2D eigenvalue weighted by molar-refractivity contribution is 0.0942. The van der Waals surface area contributed by atoms with Crippen LogP contribution in [0.3, 0.4) is 0 Å². The van der Waals surface area contributed by atoms with Gasteiger partial charge in [-0.05, 0) is 34.0 Å². The van der Waals surface area contributed by atoms with E-state index in [1.54, 1.807) is 4.68 Å². The number of amides is 1. The molecule has 1 aliphatic rings. The van der Waals surface area contributed by atoms with Crippen LogP contribution in [0, 0.1) is 0 Å². The Balaban J connectivity index is 1.36. The summed E-state index contributed by atoms with van der Waals surface area (Å²) in [5.41, 5.74) is 4.68. The van der Waals surface area contributed by atoms with Crippen molar-refractivity contribution in [1.82, 2.24) is 20.0 Å². The van der Waals surface area contributed by atoms with Crippen molar-refractivity contribution in [1.29, 1.82) is 0 Å². The summed E-state index contributed by atoms with van der Waals surface area (Å²) < 4.78 is 1.79. The second-order valence-electron chi connectivity index (χ2n) is 8.63. The van der Waals surface area contributed by atoms with Crippen LogP contribution in [0.1, 0.15) is 32.9 Å². The molecule has 0 saturated heterocycles. The highest BCUT2D eigenvalue weighted by Gasteiger charge is 2.28. The Bertz CT molecular complexity index is 1310. The molecule has 0 bridgehead atoms. The number of rotatable bonds is 7. The fourth-order valence-electron chi connectivity index (χ4n) is 4.70. The highest BCUT2D eigenvalue weighted by Crippen LogP contribution is 2.25. The highest BCUT2D eigenvalue weighted by molar-refractivity contribution is 6.30. The molecule has 2 heterocycles. The number of aliphatic hydroxyl groups is 1. The summed E-state index contributed by atoms with van der Waals surface area (Å²) in [7, 11) is 0. The first-order valence-corrected chi connectivity index (χ1v) is 11.9. The zero-order valence-corrected chi connectivity index (χ0v) is 19.6. The van der Waals surface area contributed by atoms with Crippen molar-refractivity contribution in [2.75, 3.05) is 13.2 Å². The van der Waals surface area contributed by atoms with E-state index in [-0.39, 0.29) is 12.5 Å². The average molecular weight is 475 g/mol. The van der Waals surface area contributed by atoms with Gasteiger partial charge >= 0.3 is 0 Å². The van der Waals surface area contributed by atoms with E-state index >= 15 is 0 Å². The van der Waals surface area contributed by atoms with Gasteiger partial charge in [-0.15, -0.1) is 0 Å². The number of nitrogens with one attached hydrogen (secondary N) is 1. The summed E-state index contributed by atoms with van der Waals surface area (Å²) in [5, 5.41) is 20.2. The van der Waals surface area contributed by atoms with Gasteiger partial charge in [-0.2, -0.15) is 5.10 Å². The molecule has 0 aliphatic carbocycles. The Morgan fingerprint density at radius 1 is 1.06 bits per heavy atom. The van der Waals surface area contributed by atoms with E-state index in [2.05, 4.69) is 33.5 Å². The average Bonchev–Trinajstić information content (AvgIpc) is 3.22. The Morgan fingerprint density at radius 2 is 1.85 bits per heavy atom. The number of fused-ring (bicyclic) bond motifs is 2. The molecule has 5 rings (SSSR count). The maximum Gasteiger partial charge on any atom is 0.272 e. The zero-order valence-electron chi connectivity index (χ0n) is 18.9. The Kier molecular flexibility index (Phi) is 6.63. The van der Waals surface area contributed by atoms with Gasteiger partial charge in [0.25, 0.3) is 5.91 Å². The van der Waals surface area contributed by atoms with Crippen LogP contribution in [0.2, 0.25) is 5.02 Å². The molecular weight excluding hydrogens is 448 g/mol. The summed E-state index contributed by atoms with van der Waals surface area (Å²) in [4.78, 5) is 15.6. The summed E-state index contributed by atoms with van der Waals surface area (Å²) >= 11 is 6.03. The van der Waals surface area contributed by atoms with E-state index in [1.165, 1.54) is 5.56 Å². The second-order valence-corrected chi connectivity index (χ2v) is 9.07. The predicted octanol–water partition coefficient (Wildman–Crippen LogP) is 4.17. The number of benzene rings is 3. The summed E-state index contributed by atoms with van der Waals surface area (Å²) in [6, 6.07) is 22.2. The first-order valence-electron chi connectivity index (χ1n) is 11.5. The van der Waals surface area contributed by atoms with Crippen molar-refractivity contribution in [3.05, 3.63) is 99.8 Å². The Morgan fingerprint density at radius 3 is 2.68 bits per heavy atom. The van der Waals surface area contributed by atoms with E-state index in [4.69, 9.17) is 11.6 Å². The van der Waals surface area contributed by atoms with Crippen molar-refractivity contribution in [2.24, 2.45) is 0 Å². The van der Waals surface area contributed by atoms with Crippen molar-refractivity contribution in [3.63, 3.8) is 0 Å². The molecule has 2 N–H and O–H groups in total. The molecule has 0 atom stereocenters. The van der Waals surface area contributed by atoms with Gasteiger partial charge in [-0.1, -0.05) is 66.2 Å². The fraction of sp³-hybridized carbons (Fsp3) is 0.259. The van der Waals surface area contributed by atoms with Crippen LogP contribution in [0.5, 0.6) is 0 Å². The number of carbonyl (C=O) groups excluding carboxylic acids is 1. The monoisotopic (exact) mass is 474 g/mol. The van der Waals surface area contributed by atoms with Crippen LogP contribution in [0.15, 0.2) is 66.7 Å². The molecule has 0 saturated carbocycles. The van der Waals surface area contributed by atoms with Crippen molar-refractivity contribution >= 4 is 28.3 Å². The molecule has 3 aromatic carbocycles. The minimum atomic E-state index is -0.186. The normalized spacial score (nSPS) is 13.7. The topological polar surface area (TPSA) is 70.4 Å². The standard InChI is InChI=1S/C27H27ClN4O2/c28-22-10-8-19(9-11-22)17-31-13-12-25-24(18-31)26(30-32(25)14-15-33)27(34)29-16-21-6-3-5-20-4-1-2-7-23(20)21/h1-11,33H,12-18H2,(H,29,34). The molecule has 1 aliphatic heterocycles. The van der Waals surface area contributed by atoms with Gasteiger partial charge in [0.1, 0.15) is 0 Å². The smallest absolute Gasteiger partial charge is 0.272 e. The third-order valence-electron chi connectivity index (χ3n) is 6.38. The van der Waals surface area contributed by atoms with Gasteiger partial charge in [-0.25, -0.2) is 0 Å². The molecule has 0 unspecified atom stereocenters. The van der Waals surface area contributed by atoms with Gasteiger partial charge in [0, 0.05) is 48.9 Å². The molecule has 4 aromatic rings. The molecule has 174 valence electrons. The number of aromatic nitrogens is 2. The second kappa shape index (κ2) is 9.97. The van der Waals surface area contributed by atoms with Crippen LogP contribution in [-0.2, 0) is 32.6 Å². The van der Waals surface area contributed by atoms with Crippen LogP contribution >= 0.6 is 11.6 Å². The van der Waals surface area contributed by atoms with E-state index in [0.29, 0.717) is 25.3 Å². The maximum absolute atomic E-state index is 13.3. The van der Waals surface area contributed by atoms with Crippen molar-refractivity contribution in [3.8, 4) is 0 Å². The number of aliphatic hydroxyl groups excluding tert-OH is 1. The fourth-order valence-corrected chi connectivity index (χ4v) is 4.82. The van der Waals surface area contributed by atoms with Gasteiger partial charge < -0.3 is 10.4 Å². The Labute approximate surface area is 203 Å². The van der Waals surface area contributed by atoms with Crippen LogP contribution in [-0.4, -0.2) is 38.8 Å². The molecule has 0 spiro atoms. The summed E-state index contributed by atoms with van der Waals surface area (Å²) in [6.07, 6.45) is 0.784. The van der Waals surface area contributed by atoms with Crippen LogP contribution in [0.4, 0.5) is 0 Å². The number of nitrogens with zero attached hydrogens (tertiary/aromatic N) is 3. The minimum absolute atomic E-state index is 0.0142. The number of hydrogen-bond acceptors (Lipinski definition) is 4. The number of hydrogen-bond donors (Lipinski definition) is 2. The van der Waals surface area contributed by atoms with Gasteiger partial charge in [-0.3, -0.25) is 14.4 Å². The zero-order chi connectivity index (χ0) is 23.5. The number of halogens is 1. The summed E-state index contributed by atoms with van der Waals surface area (Å²) in [5.74, 6) is -0.186. The van der Waals surface area contributed by atoms with E-state index < -0.39 is 0 Å². The Hall–Kier alpha value is -3.19. The first-order chi connectivity index (χ1) is 16.6. The van der Waals surface area contributed by atoms with E-state index in [9.17, 15) is 9.90 Å². The van der Waals surface area contributed by atoms with Gasteiger partial charge in [0.15, 0.2) is 5.69 Å². The van der Waals surface area contributed by atoms with Crippen molar-refractivity contribution < 1.29 is 9.90 Å². The first kappa shape index (κ1) is 22.6. The molecule has 34 heavy (non-hydrogen) atoms. The van der Waals surface area contributed by atoms with Gasteiger partial charge in [0.05, 0.1) is 13.2 Å². The third-order valence-corrected chi connectivity index (χ3v) is 6.63. The lowest BCUT2D eigenvalue weighted by Crippen LogP contribution is -2.32. The molecular formula is C27H27ClN4O2. The quantitative estimate of drug-likeness (QED) is 0.422.